The number of nitrogens with two attached hydrogens (primary N) is 1. The number of rotatable bonds is 5. The van der Waals surface area contributed by atoms with Crippen LogP contribution < -0.4 is 16.5 Å². The molecule has 0 unspecified atom stereocenters. The lowest BCUT2D eigenvalue weighted by Gasteiger charge is -2.20. The van der Waals surface area contributed by atoms with Crippen molar-refractivity contribution in [1.82, 2.24) is 10.8 Å². The molecular weight excluding hydrogens is 258 g/mol. The average molecular weight is 277 g/mol. The summed E-state index contributed by atoms with van der Waals surface area (Å²) in [7, 11) is 0. The summed E-state index contributed by atoms with van der Waals surface area (Å²) >= 11 is 0. The lowest BCUT2D eigenvalue weighted by atomic mass is 10.1. The minimum absolute atomic E-state index is 0.391. The van der Waals surface area contributed by atoms with Crippen molar-refractivity contribution < 1.29 is 14.8 Å². The summed E-state index contributed by atoms with van der Waals surface area (Å²) in [5, 5.41) is 11.1. The van der Waals surface area contributed by atoms with Crippen LogP contribution in [0, 0.1) is 0 Å². The van der Waals surface area contributed by atoms with Gasteiger partial charge >= 0.3 is 0 Å². The van der Waals surface area contributed by atoms with Crippen molar-refractivity contribution in [2.45, 2.75) is 37.8 Å². The number of carbonyl (C=O) groups is 2. The van der Waals surface area contributed by atoms with E-state index >= 15 is 0 Å². The van der Waals surface area contributed by atoms with Crippen LogP contribution in [0.3, 0.4) is 0 Å². The molecule has 1 fully saturated rings. The minimum Gasteiger partial charge on any atom is -0.339 e. The van der Waals surface area contributed by atoms with Crippen LogP contribution in [-0.4, -0.2) is 29.1 Å². The number of hydrogen-bond donors (Lipinski definition) is 4. The number of amides is 2. The van der Waals surface area contributed by atoms with Crippen LogP contribution >= 0.6 is 0 Å². The zero-order chi connectivity index (χ0) is 14.7. The second-order valence-electron chi connectivity index (χ2n) is 5.18. The number of hydroxylamine groups is 1. The van der Waals surface area contributed by atoms with Crippen molar-refractivity contribution in [1.29, 1.82) is 0 Å². The van der Waals surface area contributed by atoms with E-state index in [0.29, 0.717) is 11.5 Å². The first-order valence-corrected chi connectivity index (χ1v) is 6.63. The Morgan fingerprint density at radius 1 is 1.30 bits per heavy atom. The molecule has 0 bridgehead atoms. The Bertz CT molecular complexity index is 495. The molecule has 0 spiro atoms. The van der Waals surface area contributed by atoms with Gasteiger partial charge in [-0.3, -0.25) is 14.8 Å². The van der Waals surface area contributed by atoms with E-state index in [1.54, 1.807) is 19.1 Å². The molecule has 6 heteroatoms. The Labute approximate surface area is 117 Å². The summed E-state index contributed by atoms with van der Waals surface area (Å²) in [4.78, 5) is 23.5. The number of hydrogen-bond acceptors (Lipinski definition) is 4. The van der Waals surface area contributed by atoms with E-state index in [0.717, 1.165) is 0 Å². The first-order chi connectivity index (χ1) is 9.52. The van der Waals surface area contributed by atoms with Crippen molar-refractivity contribution in [2.24, 2.45) is 5.73 Å². The largest absolute Gasteiger partial charge is 0.339 e. The maximum Gasteiger partial charge on any atom is 0.267 e. The first-order valence-electron chi connectivity index (χ1n) is 6.63. The molecule has 6 nitrogen and oxygen atoms in total. The quantitative estimate of drug-likeness (QED) is 0.465. The maximum absolute atomic E-state index is 12.0. The highest BCUT2D eigenvalue weighted by Crippen LogP contribution is 2.39. The van der Waals surface area contributed by atoms with Crippen LogP contribution in [0.15, 0.2) is 24.3 Å². The summed E-state index contributed by atoms with van der Waals surface area (Å²) < 4.78 is 0. The molecule has 0 heterocycles. The Morgan fingerprint density at radius 3 is 2.35 bits per heavy atom. The van der Waals surface area contributed by atoms with E-state index in [9.17, 15) is 9.59 Å². The summed E-state index contributed by atoms with van der Waals surface area (Å²) in [6, 6.07) is 5.74. The maximum atomic E-state index is 12.0. The molecule has 108 valence electrons. The van der Waals surface area contributed by atoms with Gasteiger partial charge in [-0.25, -0.2) is 5.48 Å². The van der Waals surface area contributed by atoms with Gasteiger partial charge in [0.2, 0.25) is 0 Å². The van der Waals surface area contributed by atoms with E-state index in [4.69, 9.17) is 10.9 Å². The SMILES string of the molecule is C[C@@H](N)[C@H](NC(=O)c1ccc(C2CC2)cc1)C(=O)NO. The fraction of sp³-hybridized carbons (Fsp3) is 0.429. The summed E-state index contributed by atoms with van der Waals surface area (Å²) in [6.45, 7) is 1.58. The monoisotopic (exact) mass is 277 g/mol. The van der Waals surface area contributed by atoms with Crippen LogP contribution in [0.5, 0.6) is 0 Å². The van der Waals surface area contributed by atoms with E-state index in [1.165, 1.54) is 23.9 Å². The lowest BCUT2D eigenvalue weighted by molar-refractivity contribution is -0.131. The van der Waals surface area contributed by atoms with E-state index in [-0.39, 0.29) is 0 Å². The summed E-state index contributed by atoms with van der Waals surface area (Å²) in [5.74, 6) is -0.495. The Kier molecular flexibility index (Phi) is 4.36. The molecule has 0 aliphatic heterocycles. The predicted molar refractivity (Wildman–Crippen MR) is 73.2 cm³/mol. The van der Waals surface area contributed by atoms with Gasteiger partial charge in [0.25, 0.3) is 11.8 Å². The van der Waals surface area contributed by atoms with Gasteiger partial charge in [0.15, 0.2) is 0 Å². The van der Waals surface area contributed by atoms with Crippen LogP contribution in [0.1, 0.15) is 41.6 Å². The highest BCUT2D eigenvalue weighted by molar-refractivity contribution is 5.97. The normalized spacial score (nSPS) is 17.1. The zero-order valence-electron chi connectivity index (χ0n) is 11.3. The molecule has 1 saturated carbocycles. The van der Waals surface area contributed by atoms with Crippen molar-refractivity contribution in [3.05, 3.63) is 35.4 Å². The molecule has 2 rings (SSSR count). The predicted octanol–water partition coefficient (Wildman–Crippen LogP) is 0.515. The molecule has 5 N–H and O–H groups in total. The zero-order valence-corrected chi connectivity index (χ0v) is 11.3. The molecule has 2 amide bonds. The third-order valence-electron chi connectivity index (χ3n) is 3.43. The smallest absolute Gasteiger partial charge is 0.267 e. The molecule has 1 aliphatic carbocycles. The molecule has 0 radical (unpaired) electrons. The van der Waals surface area contributed by atoms with Crippen LogP contribution in [0.25, 0.3) is 0 Å². The molecule has 20 heavy (non-hydrogen) atoms. The standard InChI is InChI=1S/C14H19N3O3/c1-8(15)12(14(19)17-20)16-13(18)11-6-4-10(5-7-11)9-2-3-9/h4-9,12,20H,2-3,15H2,1H3,(H,16,18)(H,17,19)/t8-,12+/m1/s1. The topological polar surface area (TPSA) is 104 Å². The van der Waals surface area contributed by atoms with Crippen molar-refractivity contribution in [3.8, 4) is 0 Å². The van der Waals surface area contributed by atoms with Gasteiger partial charge in [-0.15, -0.1) is 0 Å². The molecule has 2 atom stereocenters. The number of nitrogens with one attached hydrogen (secondary N) is 2. The van der Waals surface area contributed by atoms with Crippen LogP contribution in [0.2, 0.25) is 0 Å². The fourth-order valence-electron chi connectivity index (χ4n) is 2.05. The minimum atomic E-state index is -0.976. The van der Waals surface area contributed by atoms with E-state index in [2.05, 4.69) is 5.32 Å². The Hall–Kier alpha value is -1.92. The van der Waals surface area contributed by atoms with Crippen molar-refractivity contribution >= 4 is 11.8 Å². The van der Waals surface area contributed by atoms with Crippen LogP contribution in [0.4, 0.5) is 0 Å². The molecule has 0 saturated heterocycles. The van der Waals surface area contributed by atoms with Gasteiger partial charge in [-0.1, -0.05) is 12.1 Å². The lowest BCUT2D eigenvalue weighted by Crippen LogP contribution is -2.54. The molecule has 1 aromatic carbocycles. The second-order valence-corrected chi connectivity index (χ2v) is 5.18. The van der Waals surface area contributed by atoms with Gasteiger partial charge in [-0.2, -0.15) is 0 Å². The Balaban J connectivity index is 2.03. The van der Waals surface area contributed by atoms with Gasteiger partial charge in [0.05, 0.1) is 0 Å². The average Bonchev–Trinajstić information content (AvgIpc) is 3.28. The van der Waals surface area contributed by atoms with Gasteiger partial charge < -0.3 is 11.1 Å². The highest BCUT2D eigenvalue weighted by Gasteiger charge is 2.26. The van der Waals surface area contributed by atoms with Gasteiger partial charge in [-0.05, 0) is 43.4 Å². The second kappa shape index (κ2) is 6.02. The highest BCUT2D eigenvalue weighted by atomic mass is 16.5. The number of benzene rings is 1. The van der Waals surface area contributed by atoms with Crippen molar-refractivity contribution in [3.63, 3.8) is 0 Å². The third kappa shape index (κ3) is 3.34. The molecule has 1 aromatic rings. The fourth-order valence-corrected chi connectivity index (χ4v) is 2.05. The summed E-state index contributed by atoms with van der Waals surface area (Å²) in [5.41, 5.74) is 8.83. The third-order valence-corrected chi connectivity index (χ3v) is 3.43. The van der Waals surface area contributed by atoms with Crippen molar-refractivity contribution in [2.75, 3.05) is 0 Å². The summed E-state index contributed by atoms with van der Waals surface area (Å²) in [6.07, 6.45) is 2.41. The Morgan fingerprint density at radius 2 is 1.90 bits per heavy atom. The van der Waals surface area contributed by atoms with E-state index < -0.39 is 23.9 Å². The molecule has 0 aromatic heterocycles. The van der Waals surface area contributed by atoms with Crippen LogP contribution in [-0.2, 0) is 4.79 Å². The number of carbonyl (C=O) groups excluding carboxylic acids is 2. The van der Waals surface area contributed by atoms with Gasteiger partial charge in [0, 0.05) is 11.6 Å². The van der Waals surface area contributed by atoms with E-state index in [1.807, 2.05) is 12.1 Å². The molecule has 1 aliphatic rings. The van der Waals surface area contributed by atoms with Gasteiger partial charge in [0.1, 0.15) is 6.04 Å². The molecular formula is C14H19N3O3. The first kappa shape index (κ1) is 14.5.